The molecular formula is C23H27ClN2O. The van der Waals surface area contributed by atoms with Crippen molar-refractivity contribution in [1.29, 1.82) is 0 Å². The Bertz CT molecular complexity index is 917. The lowest BCUT2D eigenvalue weighted by Gasteiger charge is -2.30. The van der Waals surface area contributed by atoms with Crippen LogP contribution in [0.5, 0.6) is 0 Å². The summed E-state index contributed by atoms with van der Waals surface area (Å²) in [6.45, 7) is 9.04. The topological polar surface area (TPSA) is 25.2 Å². The zero-order chi connectivity index (χ0) is 19.6. The van der Waals surface area contributed by atoms with Gasteiger partial charge in [0.15, 0.2) is 0 Å². The van der Waals surface area contributed by atoms with E-state index in [1.54, 1.807) is 0 Å². The van der Waals surface area contributed by atoms with Crippen molar-refractivity contribution in [3.63, 3.8) is 0 Å². The van der Waals surface area contributed by atoms with Crippen molar-refractivity contribution in [2.45, 2.75) is 52.7 Å². The Kier molecular flexibility index (Phi) is 5.91. The first kappa shape index (κ1) is 19.5. The van der Waals surface area contributed by atoms with Crippen LogP contribution in [0.15, 0.2) is 54.7 Å². The standard InChI is InChI=1S/C23H27ClN2O/c1-16(2)26(17(3)4)23(27)13-19-15-25(22-8-6-5-7-21(19)22)14-18-9-11-20(24)12-10-18/h5-12,15-17H,13-14H2,1-4H3. The maximum Gasteiger partial charge on any atom is 0.227 e. The molecule has 3 aromatic rings. The molecule has 142 valence electrons. The Morgan fingerprint density at radius 3 is 2.26 bits per heavy atom. The summed E-state index contributed by atoms with van der Waals surface area (Å²) >= 11 is 6.00. The highest BCUT2D eigenvalue weighted by Gasteiger charge is 2.21. The second-order valence-electron chi connectivity index (χ2n) is 7.59. The summed E-state index contributed by atoms with van der Waals surface area (Å²) in [6.07, 6.45) is 2.54. The van der Waals surface area contributed by atoms with Gasteiger partial charge in [0.25, 0.3) is 0 Å². The van der Waals surface area contributed by atoms with Crippen molar-refractivity contribution in [2.75, 3.05) is 0 Å². The lowest BCUT2D eigenvalue weighted by Crippen LogP contribution is -2.42. The number of carbonyl (C=O) groups excluding carboxylic acids is 1. The van der Waals surface area contributed by atoms with Gasteiger partial charge in [-0.25, -0.2) is 0 Å². The molecule has 0 aliphatic heterocycles. The predicted molar refractivity (Wildman–Crippen MR) is 113 cm³/mol. The fraction of sp³-hybridized carbons (Fsp3) is 0.348. The van der Waals surface area contributed by atoms with Crippen molar-refractivity contribution >= 4 is 28.4 Å². The molecule has 3 rings (SSSR count). The number of nitrogens with zero attached hydrogens (tertiary/aromatic N) is 2. The SMILES string of the molecule is CC(C)N(C(=O)Cc1cn(Cc2ccc(Cl)cc2)c2ccccc12)C(C)C. The molecule has 0 bridgehead atoms. The normalized spacial score (nSPS) is 11.5. The fourth-order valence-corrected chi connectivity index (χ4v) is 3.93. The smallest absolute Gasteiger partial charge is 0.227 e. The van der Waals surface area contributed by atoms with E-state index in [-0.39, 0.29) is 18.0 Å². The van der Waals surface area contributed by atoms with E-state index in [1.807, 2.05) is 41.3 Å². The molecule has 3 nitrogen and oxygen atoms in total. The van der Waals surface area contributed by atoms with Crippen molar-refractivity contribution in [1.82, 2.24) is 9.47 Å². The maximum absolute atomic E-state index is 12.9. The number of rotatable bonds is 6. The maximum atomic E-state index is 12.9. The van der Waals surface area contributed by atoms with Crippen LogP contribution in [0.4, 0.5) is 0 Å². The van der Waals surface area contributed by atoms with Gasteiger partial charge < -0.3 is 9.47 Å². The number of carbonyl (C=O) groups is 1. The van der Waals surface area contributed by atoms with Crippen molar-refractivity contribution in [3.05, 3.63) is 70.9 Å². The molecule has 2 aromatic carbocycles. The quantitative estimate of drug-likeness (QED) is 0.550. The van der Waals surface area contributed by atoms with Crippen LogP contribution in [0, 0.1) is 0 Å². The van der Waals surface area contributed by atoms with E-state index >= 15 is 0 Å². The number of amides is 1. The molecule has 0 unspecified atom stereocenters. The van der Waals surface area contributed by atoms with Crippen LogP contribution < -0.4 is 0 Å². The highest BCUT2D eigenvalue weighted by Crippen LogP contribution is 2.24. The zero-order valence-corrected chi connectivity index (χ0v) is 17.2. The number of aromatic nitrogens is 1. The van der Waals surface area contributed by atoms with Gasteiger partial charge in [0.05, 0.1) is 6.42 Å². The van der Waals surface area contributed by atoms with Crippen molar-refractivity contribution in [3.8, 4) is 0 Å². The average molecular weight is 383 g/mol. The van der Waals surface area contributed by atoms with Gasteiger partial charge in [-0.3, -0.25) is 4.79 Å². The summed E-state index contributed by atoms with van der Waals surface area (Å²) in [4.78, 5) is 14.9. The minimum Gasteiger partial charge on any atom is -0.343 e. The molecule has 1 heterocycles. The third-order valence-electron chi connectivity index (χ3n) is 4.88. The highest BCUT2D eigenvalue weighted by molar-refractivity contribution is 6.30. The Morgan fingerprint density at radius 2 is 1.63 bits per heavy atom. The first-order chi connectivity index (χ1) is 12.9. The molecule has 0 saturated heterocycles. The molecule has 4 heteroatoms. The molecule has 0 radical (unpaired) electrons. The summed E-state index contributed by atoms with van der Waals surface area (Å²) < 4.78 is 2.22. The summed E-state index contributed by atoms with van der Waals surface area (Å²) in [6, 6.07) is 16.6. The van der Waals surface area contributed by atoms with E-state index in [9.17, 15) is 4.79 Å². The summed E-state index contributed by atoms with van der Waals surface area (Å²) in [5.41, 5.74) is 3.41. The molecule has 0 aliphatic carbocycles. The Labute approximate surface area is 166 Å². The second-order valence-corrected chi connectivity index (χ2v) is 8.03. The van der Waals surface area contributed by atoms with Crippen LogP contribution >= 0.6 is 11.6 Å². The minimum atomic E-state index is 0.175. The summed E-state index contributed by atoms with van der Waals surface area (Å²) in [7, 11) is 0. The Morgan fingerprint density at radius 1 is 1.00 bits per heavy atom. The Balaban J connectivity index is 1.92. The van der Waals surface area contributed by atoms with Gasteiger partial charge in [0.2, 0.25) is 5.91 Å². The van der Waals surface area contributed by atoms with E-state index in [2.05, 4.69) is 50.6 Å². The molecule has 0 saturated carbocycles. The molecule has 0 N–H and O–H groups in total. The number of hydrogen-bond acceptors (Lipinski definition) is 1. The molecule has 1 aromatic heterocycles. The van der Waals surface area contributed by atoms with Gasteiger partial charge in [-0.05, 0) is 57.0 Å². The van der Waals surface area contributed by atoms with Gasteiger partial charge in [-0.15, -0.1) is 0 Å². The van der Waals surface area contributed by atoms with Crippen molar-refractivity contribution < 1.29 is 4.79 Å². The lowest BCUT2D eigenvalue weighted by atomic mass is 10.1. The van der Waals surface area contributed by atoms with E-state index in [1.165, 1.54) is 5.56 Å². The largest absolute Gasteiger partial charge is 0.343 e. The minimum absolute atomic E-state index is 0.175. The van der Waals surface area contributed by atoms with Crippen LogP contribution in [0.2, 0.25) is 5.02 Å². The molecule has 0 fully saturated rings. The summed E-state index contributed by atoms with van der Waals surface area (Å²) in [5, 5.41) is 1.89. The van der Waals surface area contributed by atoms with Crippen LogP contribution in [-0.4, -0.2) is 27.5 Å². The van der Waals surface area contributed by atoms with Crippen LogP contribution in [-0.2, 0) is 17.8 Å². The predicted octanol–water partition coefficient (Wildman–Crippen LogP) is 5.53. The molecule has 1 amide bonds. The Hall–Kier alpha value is -2.26. The molecular weight excluding hydrogens is 356 g/mol. The van der Waals surface area contributed by atoms with E-state index < -0.39 is 0 Å². The number of benzene rings is 2. The first-order valence-corrected chi connectivity index (χ1v) is 9.87. The van der Waals surface area contributed by atoms with Crippen molar-refractivity contribution in [2.24, 2.45) is 0 Å². The van der Waals surface area contributed by atoms with Crippen LogP contribution in [0.25, 0.3) is 10.9 Å². The number of halogens is 1. The average Bonchev–Trinajstić information content (AvgIpc) is 2.94. The molecule has 0 spiro atoms. The lowest BCUT2D eigenvalue weighted by molar-refractivity contribution is -0.134. The highest BCUT2D eigenvalue weighted by atomic mass is 35.5. The van der Waals surface area contributed by atoms with Gasteiger partial charge in [-0.2, -0.15) is 0 Å². The van der Waals surface area contributed by atoms with E-state index in [4.69, 9.17) is 11.6 Å². The van der Waals surface area contributed by atoms with Gasteiger partial charge in [0, 0.05) is 40.8 Å². The van der Waals surface area contributed by atoms with Crippen LogP contribution in [0.3, 0.4) is 0 Å². The third-order valence-corrected chi connectivity index (χ3v) is 5.13. The van der Waals surface area contributed by atoms with Gasteiger partial charge in [0.1, 0.15) is 0 Å². The van der Waals surface area contributed by atoms with Gasteiger partial charge >= 0.3 is 0 Å². The third kappa shape index (κ3) is 4.36. The van der Waals surface area contributed by atoms with Gasteiger partial charge in [-0.1, -0.05) is 41.9 Å². The number of hydrogen-bond donors (Lipinski definition) is 0. The second kappa shape index (κ2) is 8.18. The van der Waals surface area contributed by atoms with E-state index in [0.29, 0.717) is 6.42 Å². The monoisotopic (exact) mass is 382 g/mol. The van der Waals surface area contributed by atoms with Crippen LogP contribution in [0.1, 0.15) is 38.8 Å². The molecule has 27 heavy (non-hydrogen) atoms. The fourth-order valence-electron chi connectivity index (χ4n) is 3.81. The molecule has 0 aliphatic rings. The number of fused-ring (bicyclic) bond motifs is 1. The zero-order valence-electron chi connectivity index (χ0n) is 16.4. The van der Waals surface area contributed by atoms with E-state index in [0.717, 1.165) is 28.0 Å². The first-order valence-electron chi connectivity index (χ1n) is 9.49. The molecule has 0 atom stereocenters. The number of para-hydroxylation sites is 1. The summed E-state index contributed by atoms with van der Waals surface area (Å²) in [5.74, 6) is 0.175.